The summed E-state index contributed by atoms with van der Waals surface area (Å²) in [5.74, 6) is 1.03. The van der Waals surface area contributed by atoms with Crippen molar-refractivity contribution in [2.24, 2.45) is 0 Å². The highest BCUT2D eigenvalue weighted by Gasteiger charge is 2.12. The summed E-state index contributed by atoms with van der Waals surface area (Å²) in [7, 11) is 0. The number of H-pyrrole nitrogens is 1. The van der Waals surface area contributed by atoms with E-state index >= 15 is 0 Å². The standard InChI is InChI=1S/C13H22N4S/c1-3-17(4-2)8-6-12-15-11-5-7-14-9-10(11)13(18)16-12/h14H,3-9H2,1-2H3,(H,15,16,18). The number of hydrogen-bond acceptors (Lipinski definition) is 4. The molecule has 0 bridgehead atoms. The van der Waals surface area contributed by atoms with Crippen molar-refractivity contribution in [2.75, 3.05) is 26.2 Å². The third-order valence-electron chi connectivity index (χ3n) is 3.57. The van der Waals surface area contributed by atoms with Crippen LogP contribution in [0.15, 0.2) is 0 Å². The van der Waals surface area contributed by atoms with Gasteiger partial charge in [-0.2, -0.15) is 0 Å². The van der Waals surface area contributed by atoms with Gasteiger partial charge in [0.1, 0.15) is 10.5 Å². The van der Waals surface area contributed by atoms with Crippen molar-refractivity contribution < 1.29 is 0 Å². The number of nitrogens with one attached hydrogen (secondary N) is 2. The van der Waals surface area contributed by atoms with Crippen LogP contribution >= 0.6 is 12.2 Å². The Bertz CT molecular complexity index is 451. The Morgan fingerprint density at radius 2 is 2.11 bits per heavy atom. The third kappa shape index (κ3) is 3.16. The van der Waals surface area contributed by atoms with Gasteiger partial charge in [0.2, 0.25) is 0 Å². The molecule has 0 aliphatic carbocycles. The number of nitrogens with zero attached hydrogens (tertiary/aromatic N) is 2. The Balaban J connectivity index is 2.10. The van der Waals surface area contributed by atoms with Crippen molar-refractivity contribution in [3.05, 3.63) is 21.7 Å². The Kier molecular flexibility index (Phi) is 4.86. The second kappa shape index (κ2) is 6.41. The number of fused-ring (bicyclic) bond motifs is 1. The molecule has 1 aliphatic rings. The molecule has 18 heavy (non-hydrogen) atoms. The largest absolute Gasteiger partial charge is 0.347 e. The first kappa shape index (κ1) is 13.6. The van der Waals surface area contributed by atoms with Gasteiger partial charge in [-0.1, -0.05) is 26.1 Å². The maximum atomic E-state index is 5.38. The molecule has 0 saturated heterocycles. The number of hydrogen-bond donors (Lipinski definition) is 2. The first-order chi connectivity index (χ1) is 8.74. The van der Waals surface area contributed by atoms with Crippen molar-refractivity contribution >= 4 is 12.2 Å². The average Bonchev–Trinajstić information content (AvgIpc) is 2.40. The Morgan fingerprint density at radius 1 is 1.33 bits per heavy atom. The zero-order chi connectivity index (χ0) is 13.0. The van der Waals surface area contributed by atoms with Crippen molar-refractivity contribution in [2.45, 2.75) is 33.2 Å². The summed E-state index contributed by atoms with van der Waals surface area (Å²) >= 11 is 5.38. The van der Waals surface area contributed by atoms with Crippen LogP contribution in [0.25, 0.3) is 0 Å². The van der Waals surface area contributed by atoms with Crippen LogP contribution in [0.5, 0.6) is 0 Å². The molecular weight excluding hydrogens is 244 g/mol. The van der Waals surface area contributed by atoms with Crippen LogP contribution in [0.1, 0.15) is 30.9 Å². The molecule has 0 fully saturated rings. The molecule has 100 valence electrons. The minimum atomic E-state index is 0.769. The van der Waals surface area contributed by atoms with Gasteiger partial charge in [0.05, 0.1) is 0 Å². The first-order valence-electron chi connectivity index (χ1n) is 6.78. The summed E-state index contributed by atoms with van der Waals surface area (Å²) < 4.78 is 0.769. The molecule has 4 nitrogen and oxygen atoms in total. The molecule has 0 atom stereocenters. The fourth-order valence-corrected chi connectivity index (χ4v) is 2.65. The fourth-order valence-electron chi connectivity index (χ4n) is 2.34. The summed E-state index contributed by atoms with van der Waals surface area (Å²) in [5, 5.41) is 3.33. The monoisotopic (exact) mass is 266 g/mol. The van der Waals surface area contributed by atoms with Crippen LogP contribution in [0.3, 0.4) is 0 Å². The van der Waals surface area contributed by atoms with Gasteiger partial charge in [0.25, 0.3) is 0 Å². The molecule has 5 heteroatoms. The molecule has 2 heterocycles. The highest BCUT2D eigenvalue weighted by Crippen LogP contribution is 2.12. The third-order valence-corrected chi connectivity index (χ3v) is 3.90. The van der Waals surface area contributed by atoms with Crippen LogP contribution in [-0.4, -0.2) is 41.0 Å². The second-order valence-corrected chi connectivity index (χ2v) is 5.04. The zero-order valence-electron chi connectivity index (χ0n) is 11.3. The highest BCUT2D eigenvalue weighted by atomic mass is 32.1. The van der Waals surface area contributed by atoms with Crippen LogP contribution < -0.4 is 5.32 Å². The minimum absolute atomic E-state index is 0.769. The Labute approximate surface area is 114 Å². The highest BCUT2D eigenvalue weighted by molar-refractivity contribution is 7.71. The van der Waals surface area contributed by atoms with E-state index < -0.39 is 0 Å². The van der Waals surface area contributed by atoms with E-state index in [-0.39, 0.29) is 0 Å². The molecule has 2 rings (SSSR count). The van der Waals surface area contributed by atoms with Crippen molar-refractivity contribution in [3.63, 3.8) is 0 Å². The Hall–Kier alpha value is -0.780. The van der Waals surface area contributed by atoms with E-state index in [1.807, 2.05) is 0 Å². The van der Waals surface area contributed by atoms with Crippen LogP contribution in [0.4, 0.5) is 0 Å². The lowest BCUT2D eigenvalue weighted by Crippen LogP contribution is -2.28. The normalized spacial score (nSPS) is 14.8. The number of aromatic amines is 1. The van der Waals surface area contributed by atoms with Gasteiger partial charge in [-0.15, -0.1) is 0 Å². The van der Waals surface area contributed by atoms with Crippen LogP contribution in [0.2, 0.25) is 0 Å². The van der Waals surface area contributed by atoms with Crippen molar-refractivity contribution in [1.82, 2.24) is 20.2 Å². The fraction of sp³-hybridized carbons (Fsp3) is 0.692. The van der Waals surface area contributed by atoms with E-state index in [1.54, 1.807) is 0 Å². The maximum absolute atomic E-state index is 5.38. The van der Waals surface area contributed by atoms with E-state index in [0.29, 0.717) is 0 Å². The smallest absolute Gasteiger partial charge is 0.134 e. The van der Waals surface area contributed by atoms with Gasteiger partial charge in [0, 0.05) is 43.7 Å². The molecule has 1 aliphatic heterocycles. The minimum Gasteiger partial charge on any atom is -0.347 e. The predicted molar refractivity (Wildman–Crippen MR) is 76.3 cm³/mol. The van der Waals surface area contributed by atoms with E-state index in [9.17, 15) is 0 Å². The van der Waals surface area contributed by atoms with Gasteiger partial charge in [-0.25, -0.2) is 4.98 Å². The van der Waals surface area contributed by atoms with Gasteiger partial charge >= 0.3 is 0 Å². The quantitative estimate of drug-likeness (QED) is 0.796. The first-order valence-corrected chi connectivity index (χ1v) is 7.19. The molecule has 0 aromatic carbocycles. The van der Waals surface area contributed by atoms with Crippen LogP contribution in [0, 0.1) is 4.64 Å². The molecule has 0 unspecified atom stereocenters. The lowest BCUT2D eigenvalue weighted by Gasteiger charge is -2.20. The SMILES string of the molecule is CCN(CC)CCc1nc(=S)c2c([nH]1)CCNC2. The molecule has 0 spiro atoms. The lowest BCUT2D eigenvalue weighted by atomic mass is 10.1. The molecule has 1 aromatic rings. The molecule has 2 N–H and O–H groups in total. The predicted octanol–water partition coefficient (Wildman–Crippen LogP) is 1.67. The second-order valence-electron chi connectivity index (χ2n) is 4.65. The van der Waals surface area contributed by atoms with Crippen LogP contribution in [-0.2, 0) is 19.4 Å². The topological polar surface area (TPSA) is 44.0 Å². The van der Waals surface area contributed by atoms with E-state index in [2.05, 4.69) is 34.0 Å². The van der Waals surface area contributed by atoms with Crippen molar-refractivity contribution in [1.29, 1.82) is 0 Å². The number of rotatable bonds is 5. The molecule has 1 aromatic heterocycles. The Morgan fingerprint density at radius 3 is 2.83 bits per heavy atom. The summed E-state index contributed by atoms with van der Waals surface area (Å²) in [6, 6.07) is 0. The molecular formula is C13H22N4S. The number of likely N-dealkylation sites (N-methyl/N-ethyl adjacent to an activating group) is 1. The summed E-state index contributed by atoms with van der Waals surface area (Å²) in [6.07, 6.45) is 1.98. The van der Waals surface area contributed by atoms with Gasteiger partial charge in [0.15, 0.2) is 0 Å². The summed E-state index contributed by atoms with van der Waals surface area (Å²) in [6.45, 7) is 9.49. The summed E-state index contributed by atoms with van der Waals surface area (Å²) in [5.41, 5.74) is 2.46. The average molecular weight is 266 g/mol. The van der Waals surface area contributed by atoms with Gasteiger partial charge < -0.3 is 15.2 Å². The summed E-state index contributed by atoms with van der Waals surface area (Å²) in [4.78, 5) is 10.4. The van der Waals surface area contributed by atoms with Gasteiger partial charge in [-0.3, -0.25) is 0 Å². The molecule has 0 radical (unpaired) electrons. The zero-order valence-corrected chi connectivity index (χ0v) is 12.1. The van der Waals surface area contributed by atoms with E-state index in [4.69, 9.17) is 12.2 Å². The van der Waals surface area contributed by atoms with Gasteiger partial charge in [-0.05, 0) is 13.1 Å². The molecule has 0 saturated carbocycles. The van der Waals surface area contributed by atoms with E-state index in [0.717, 1.165) is 56.0 Å². The maximum Gasteiger partial charge on any atom is 0.134 e. The molecule has 0 amide bonds. The van der Waals surface area contributed by atoms with E-state index in [1.165, 1.54) is 11.3 Å². The lowest BCUT2D eigenvalue weighted by molar-refractivity contribution is 0.305. The number of aromatic nitrogens is 2. The van der Waals surface area contributed by atoms with Crippen molar-refractivity contribution in [3.8, 4) is 0 Å².